The van der Waals surface area contributed by atoms with Gasteiger partial charge in [-0.05, 0) is 24.6 Å². The van der Waals surface area contributed by atoms with Gasteiger partial charge in [0.15, 0.2) is 5.69 Å². The van der Waals surface area contributed by atoms with Crippen LogP contribution in [0.5, 0.6) is 0 Å². The van der Waals surface area contributed by atoms with Crippen molar-refractivity contribution in [3.63, 3.8) is 0 Å². The molecule has 0 saturated heterocycles. The number of nitrogens with zero attached hydrogens (tertiary/aromatic N) is 3. The maximum atomic E-state index is 11.5. The molecule has 1 aliphatic rings. The van der Waals surface area contributed by atoms with E-state index >= 15 is 0 Å². The van der Waals surface area contributed by atoms with Crippen molar-refractivity contribution in [3.8, 4) is 11.3 Å². The third-order valence-corrected chi connectivity index (χ3v) is 3.34. The molecule has 1 aromatic heterocycles. The zero-order valence-corrected chi connectivity index (χ0v) is 11.3. The van der Waals surface area contributed by atoms with Crippen molar-refractivity contribution >= 4 is 11.7 Å². The second-order valence-corrected chi connectivity index (χ2v) is 4.55. The summed E-state index contributed by atoms with van der Waals surface area (Å²) in [4.78, 5) is 24.0. The van der Waals surface area contributed by atoms with Crippen LogP contribution >= 0.6 is 0 Å². The van der Waals surface area contributed by atoms with Gasteiger partial charge in [-0.15, -0.1) is 0 Å². The molecule has 2 heterocycles. The minimum Gasteiger partial charge on any atom is -0.464 e. The molecule has 1 aromatic carbocycles. The number of fused-ring (bicyclic) bond motifs is 1. The van der Waals surface area contributed by atoms with Crippen molar-refractivity contribution in [2.45, 2.75) is 13.5 Å². The van der Waals surface area contributed by atoms with Crippen LogP contribution in [-0.4, -0.2) is 28.8 Å². The van der Waals surface area contributed by atoms with Gasteiger partial charge in [0.1, 0.15) is 6.33 Å². The van der Waals surface area contributed by atoms with Crippen LogP contribution < -0.4 is 0 Å². The predicted molar refractivity (Wildman–Crippen MR) is 74.7 cm³/mol. The van der Waals surface area contributed by atoms with Gasteiger partial charge in [0.2, 0.25) is 0 Å². The minimum atomic E-state index is -0.465. The lowest BCUT2D eigenvalue weighted by Gasteiger charge is -2.06. The second-order valence-electron chi connectivity index (χ2n) is 4.55. The molecule has 0 aliphatic carbocycles. The number of hydrogen-bond acceptors (Lipinski definition) is 5. The molecule has 0 atom stereocenters. The Morgan fingerprint density at radius 2 is 2.10 bits per heavy atom. The molecule has 0 radical (unpaired) electrons. The summed E-state index contributed by atoms with van der Waals surface area (Å²) in [7, 11) is 1.33. The quantitative estimate of drug-likeness (QED) is 0.783. The van der Waals surface area contributed by atoms with Crippen molar-refractivity contribution in [1.29, 1.82) is 0 Å². The number of carbonyl (C=O) groups excluding carboxylic acids is 1. The number of ether oxygens (including phenoxy) is 1. The first kappa shape index (κ1) is 12.5. The summed E-state index contributed by atoms with van der Waals surface area (Å²) >= 11 is 0. The number of hydrogen-bond donors (Lipinski definition) is 0. The Labute approximate surface area is 116 Å². The highest BCUT2D eigenvalue weighted by atomic mass is 16.5. The third-order valence-electron chi connectivity index (χ3n) is 3.34. The Morgan fingerprint density at radius 3 is 2.90 bits per heavy atom. The lowest BCUT2D eigenvalue weighted by Crippen LogP contribution is -2.05. The van der Waals surface area contributed by atoms with E-state index < -0.39 is 5.97 Å². The summed E-state index contributed by atoms with van der Waals surface area (Å²) in [5, 5.41) is 0. The Balaban J connectivity index is 2.04. The summed E-state index contributed by atoms with van der Waals surface area (Å²) in [5.41, 5.74) is 5.28. The van der Waals surface area contributed by atoms with Gasteiger partial charge in [-0.25, -0.2) is 14.8 Å². The van der Waals surface area contributed by atoms with Gasteiger partial charge in [0.25, 0.3) is 0 Å². The van der Waals surface area contributed by atoms with E-state index in [0.717, 1.165) is 23.4 Å². The molecule has 0 bridgehead atoms. The SMILES string of the molecule is COC(=O)c1cc(-c2ccc3c(c2)C(C)=NC3)ncn1. The molecular weight excluding hydrogens is 254 g/mol. The standard InChI is InChI=1S/C15H13N3O2/c1-9-12-5-10(3-4-11(12)7-16-9)13-6-14(15(19)20-2)18-8-17-13/h3-6,8H,7H2,1-2H3. The number of rotatable bonds is 2. The Hall–Kier alpha value is -2.56. The minimum absolute atomic E-state index is 0.253. The van der Waals surface area contributed by atoms with Crippen molar-refractivity contribution in [1.82, 2.24) is 9.97 Å². The van der Waals surface area contributed by atoms with Crippen molar-refractivity contribution < 1.29 is 9.53 Å². The smallest absolute Gasteiger partial charge is 0.356 e. The van der Waals surface area contributed by atoms with Crippen LogP contribution in [0.2, 0.25) is 0 Å². The molecule has 100 valence electrons. The number of methoxy groups -OCH3 is 1. The molecule has 0 fully saturated rings. The highest BCUT2D eigenvalue weighted by Crippen LogP contribution is 2.25. The fourth-order valence-corrected chi connectivity index (χ4v) is 2.23. The maximum Gasteiger partial charge on any atom is 0.356 e. The molecule has 5 heteroatoms. The fourth-order valence-electron chi connectivity index (χ4n) is 2.23. The third kappa shape index (κ3) is 2.07. The highest BCUT2D eigenvalue weighted by Gasteiger charge is 2.14. The molecule has 2 aromatic rings. The van der Waals surface area contributed by atoms with Gasteiger partial charge in [0.05, 0.1) is 19.3 Å². The van der Waals surface area contributed by atoms with Crippen molar-refractivity contribution in [2.24, 2.45) is 4.99 Å². The highest BCUT2D eigenvalue weighted by molar-refractivity contribution is 6.02. The molecule has 3 rings (SSSR count). The fraction of sp³-hybridized carbons (Fsp3) is 0.200. The van der Waals surface area contributed by atoms with Gasteiger partial charge < -0.3 is 4.74 Å². The van der Waals surface area contributed by atoms with E-state index in [-0.39, 0.29) is 5.69 Å². The van der Waals surface area contributed by atoms with E-state index in [1.54, 1.807) is 6.07 Å². The average Bonchev–Trinajstić information content (AvgIpc) is 2.87. The van der Waals surface area contributed by atoms with Gasteiger partial charge in [0, 0.05) is 16.8 Å². The molecule has 0 N–H and O–H groups in total. The van der Waals surface area contributed by atoms with Gasteiger partial charge >= 0.3 is 5.97 Å². The van der Waals surface area contributed by atoms with Crippen LogP contribution in [-0.2, 0) is 11.3 Å². The lowest BCUT2D eigenvalue weighted by atomic mass is 10.0. The molecule has 5 nitrogen and oxygen atoms in total. The molecule has 0 saturated carbocycles. The van der Waals surface area contributed by atoms with Crippen LogP contribution in [0, 0.1) is 0 Å². The Morgan fingerprint density at radius 1 is 1.25 bits per heavy atom. The Kier molecular flexibility index (Phi) is 3.02. The number of aromatic nitrogens is 2. The second kappa shape index (κ2) is 4.85. The van der Waals surface area contributed by atoms with E-state index in [1.165, 1.54) is 19.0 Å². The first-order chi connectivity index (χ1) is 9.69. The largest absolute Gasteiger partial charge is 0.464 e. The summed E-state index contributed by atoms with van der Waals surface area (Å²) in [6.45, 7) is 2.73. The van der Waals surface area contributed by atoms with E-state index in [9.17, 15) is 4.79 Å². The number of benzene rings is 1. The summed E-state index contributed by atoms with van der Waals surface area (Å²) in [5.74, 6) is -0.465. The zero-order chi connectivity index (χ0) is 14.1. The van der Waals surface area contributed by atoms with E-state index in [2.05, 4.69) is 19.7 Å². The monoisotopic (exact) mass is 267 g/mol. The van der Waals surface area contributed by atoms with E-state index in [4.69, 9.17) is 0 Å². The van der Waals surface area contributed by atoms with E-state index in [1.807, 2.05) is 25.1 Å². The molecule has 1 aliphatic heterocycles. The molecule has 0 amide bonds. The summed E-state index contributed by atoms with van der Waals surface area (Å²) < 4.78 is 4.67. The Bertz CT molecular complexity index is 723. The normalized spacial score (nSPS) is 12.8. The molecule has 0 spiro atoms. The van der Waals surface area contributed by atoms with Gasteiger partial charge in [-0.2, -0.15) is 0 Å². The average molecular weight is 267 g/mol. The van der Waals surface area contributed by atoms with Gasteiger partial charge in [-0.1, -0.05) is 12.1 Å². The number of aliphatic imine (C=N–C) groups is 1. The molecule has 20 heavy (non-hydrogen) atoms. The molecule has 0 unspecified atom stereocenters. The van der Waals surface area contributed by atoms with Crippen LogP contribution in [0.4, 0.5) is 0 Å². The maximum absolute atomic E-state index is 11.5. The lowest BCUT2D eigenvalue weighted by molar-refractivity contribution is 0.0594. The summed E-state index contributed by atoms with van der Waals surface area (Å²) in [6.07, 6.45) is 1.37. The predicted octanol–water partition coefficient (Wildman–Crippen LogP) is 2.25. The van der Waals surface area contributed by atoms with Crippen molar-refractivity contribution in [2.75, 3.05) is 7.11 Å². The van der Waals surface area contributed by atoms with Crippen LogP contribution in [0.15, 0.2) is 35.6 Å². The number of carbonyl (C=O) groups is 1. The zero-order valence-electron chi connectivity index (χ0n) is 11.3. The first-order valence-corrected chi connectivity index (χ1v) is 6.24. The first-order valence-electron chi connectivity index (χ1n) is 6.24. The number of esters is 1. The van der Waals surface area contributed by atoms with Crippen molar-refractivity contribution in [3.05, 3.63) is 47.4 Å². The van der Waals surface area contributed by atoms with Gasteiger partial charge in [-0.3, -0.25) is 4.99 Å². The summed E-state index contributed by atoms with van der Waals surface area (Å²) in [6, 6.07) is 7.71. The van der Waals surface area contributed by atoms with Crippen LogP contribution in [0.25, 0.3) is 11.3 Å². The van der Waals surface area contributed by atoms with Crippen LogP contribution in [0.3, 0.4) is 0 Å². The van der Waals surface area contributed by atoms with E-state index in [0.29, 0.717) is 5.69 Å². The molecular formula is C15H13N3O2. The van der Waals surface area contributed by atoms with Crippen LogP contribution in [0.1, 0.15) is 28.5 Å². The topological polar surface area (TPSA) is 64.4 Å².